The Kier molecular flexibility index (Phi) is 4.72. The smallest absolute Gasteiger partial charge is 0.0227 e. The van der Waals surface area contributed by atoms with Gasteiger partial charge in [0, 0.05) is 18.8 Å². The van der Waals surface area contributed by atoms with E-state index in [1.54, 1.807) is 0 Å². The molecule has 0 N–H and O–H groups in total. The van der Waals surface area contributed by atoms with Crippen molar-refractivity contribution in [2.45, 2.75) is 33.2 Å². The quantitative estimate of drug-likeness (QED) is 0.569. The van der Waals surface area contributed by atoms with Crippen LogP contribution in [-0.4, -0.2) is 18.0 Å². The summed E-state index contributed by atoms with van der Waals surface area (Å²) in [6, 6.07) is 0.532. The summed E-state index contributed by atoms with van der Waals surface area (Å²) in [4.78, 5) is 2.22. The molecule has 0 heterocycles. The molecule has 0 aromatic rings. The Bertz CT molecular complexity index is 158. The molecule has 0 radical (unpaired) electrons. The van der Waals surface area contributed by atoms with Crippen LogP contribution in [-0.2, 0) is 0 Å². The molecule has 70 valence electrons. The fourth-order valence-corrected chi connectivity index (χ4v) is 1.07. The first-order chi connectivity index (χ1) is 5.50. The van der Waals surface area contributed by atoms with E-state index in [0.29, 0.717) is 12.0 Å². The van der Waals surface area contributed by atoms with E-state index >= 15 is 0 Å². The Labute approximate surface area is 76.8 Å². The van der Waals surface area contributed by atoms with Crippen molar-refractivity contribution in [3.05, 3.63) is 24.9 Å². The van der Waals surface area contributed by atoms with Crippen molar-refractivity contribution in [1.29, 1.82) is 0 Å². The third-order valence-corrected chi connectivity index (χ3v) is 2.32. The predicted octanol–water partition coefficient (Wildman–Crippen LogP) is 3.05. The number of hydrogen-bond acceptors (Lipinski definition) is 1. The van der Waals surface area contributed by atoms with E-state index in [1.807, 2.05) is 6.08 Å². The minimum absolute atomic E-state index is 0.509. The van der Waals surface area contributed by atoms with Gasteiger partial charge in [0.2, 0.25) is 0 Å². The highest BCUT2D eigenvalue weighted by molar-refractivity contribution is 5.00. The third-order valence-electron chi connectivity index (χ3n) is 2.32. The Hall–Kier alpha value is -0.720. The first-order valence-electron chi connectivity index (χ1n) is 4.53. The lowest BCUT2D eigenvalue weighted by Gasteiger charge is -2.29. The molecule has 1 unspecified atom stereocenters. The molecule has 0 rings (SSSR count). The number of nitrogens with zero attached hydrogens (tertiary/aromatic N) is 1. The Morgan fingerprint density at radius 2 is 1.92 bits per heavy atom. The van der Waals surface area contributed by atoms with Crippen LogP contribution < -0.4 is 0 Å². The lowest BCUT2D eigenvalue weighted by atomic mass is 10.0. The maximum Gasteiger partial charge on any atom is 0.0227 e. The number of allylic oxidation sites excluding steroid dienone is 2. The van der Waals surface area contributed by atoms with Crippen LogP contribution in [0.25, 0.3) is 0 Å². The van der Waals surface area contributed by atoms with Gasteiger partial charge in [0.25, 0.3) is 0 Å². The molecule has 1 nitrogen and oxygen atoms in total. The molecule has 0 aliphatic rings. The molecule has 0 aromatic heterocycles. The first kappa shape index (κ1) is 11.3. The van der Waals surface area contributed by atoms with E-state index in [2.05, 4.69) is 45.9 Å². The standard InChI is InChI=1S/C11H21N/c1-7-8-10(4)11(5)12(6)9(2)3/h7,9-10H,1,5,8H2,2-4,6H3. The van der Waals surface area contributed by atoms with E-state index in [0.717, 1.165) is 6.42 Å². The summed E-state index contributed by atoms with van der Waals surface area (Å²) in [6.07, 6.45) is 2.96. The summed E-state index contributed by atoms with van der Waals surface area (Å²) in [5.74, 6) is 0.509. The summed E-state index contributed by atoms with van der Waals surface area (Å²) in [7, 11) is 2.09. The van der Waals surface area contributed by atoms with Gasteiger partial charge in [-0.05, 0) is 26.2 Å². The molecule has 1 heteroatoms. The second-order valence-corrected chi connectivity index (χ2v) is 3.62. The lowest BCUT2D eigenvalue weighted by molar-refractivity contribution is 0.309. The summed E-state index contributed by atoms with van der Waals surface area (Å²) in [5.41, 5.74) is 1.20. The van der Waals surface area contributed by atoms with Gasteiger partial charge in [-0.2, -0.15) is 0 Å². The highest BCUT2D eigenvalue weighted by Crippen LogP contribution is 2.17. The third kappa shape index (κ3) is 3.12. The van der Waals surface area contributed by atoms with Gasteiger partial charge in [-0.3, -0.25) is 0 Å². The summed E-state index contributed by atoms with van der Waals surface area (Å²) in [5, 5.41) is 0. The topological polar surface area (TPSA) is 3.24 Å². The van der Waals surface area contributed by atoms with Gasteiger partial charge in [0.15, 0.2) is 0 Å². The maximum atomic E-state index is 4.07. The monoisotopic (exact) mass is 167 g/mol. The largest absolute Gasteiger partial charge is 0.376 e. The molecule has 0 saturated heterocycles. The van der Waals surface area contributed by atoms with Gasteiger partial charge in [0.05, 0.1) is 0 Å². The Morgan fingerprint density at radius 1 is 1.42 bits per heavy atom. The van der Waals surface area contributed by atoms with Crippen LogP contribution in [0.15, 0.2) is 24.9 Å². The van der Waals surface area contributed by atoms with Crippen molar-refractivity contribution in [3.63, 3.8) is 0 Å². The van der Waals surface area contributed by atoms with Gasteiger partial charge in [-0.25, -0.2) is 0 Å². The van der Waals surface area contributed by atoms with Gasteiger partial charge >= 0.3 is 0 Å². The fourth-order valence-electron chi connectivity index (χ4n) is 1.07. The van der Waals surface area contributed by atoms with E-state index in [1.165, 1.54) is 5.70 Å². The molecule has 0 saturated carbocycles. The normalized spacial score (nSPS) is 12.8. The predicted molar refractivity (Wildman–Crippen MR) is 56.0 cm³/mol. The highest BCUT2D eigenvalue weighted by atomic mass is 15.1. The molecule has 0 aliphatic carbocycles. The molecule has 12 heavy (non-hydrogen) atoms. The summed E-state index contributed by atoms with van der Waals surface area (Å²) < 4.78 is 0. The Morgan fingerprint density at radius 3 is 2.25 bits per heavy atom. The molecule has 0 aromatic carbocycles. The minimum Gasteiger partial charge on any atom is -0.376 e. The zero-order valence-electron chi connectivity index (χ0n) is 8.80. The zero-order valence-corrected chi connectivity index (χ0v) is 8.80. The minimum atomic E-state index is 0.509. The van der Waals surface area contributed by atoms with Crippen LogP contribution in [0.2, 0.25) is 0 Å². The Balaban J connectivity index is 4.08. The first-order valence-corrected chi connectivity index (χ1v) is 4.53. The second kappa shape index (κ2) is 5.02. The van der Waals surface area contributed by atoms with Crippen LogP contribution in [0.5, 0.6) is 0 Å². The van der Waals surface area contributed by atoms with Crippen LogP contribution >= 0.6 is 0 Å². The van der Waals surface area contributed by atoms with Crippen molar-refractivity contribution >= 4 is 0 Å². The average Bonchev–Trinajstić information content (AvgIpc) is 2.02. The van der Waals surface area contributed by atoms with Crippen molar-refractivity contribution in [2.24, 2.45) is 5.92 Å². The average molecular weight is 167 g/mol. The fraction of sp³-hybridized carbons (Fsp3) is 0.636. The maximum absolute atomic E-state index is 4.07. The van der Waals surface area contributed by atoms with Gasteiger partial charge in [-0.15, -0.1) is 6.58 Å². The van der Waals surface area contributed by atoms with E-state index in [9.17, 15) is 0 Å². The van der Waals surface area contributed by atoms with Crippen molar-refractivity contribution in [2.75, 3.05) is 7.05 Å². The molecule has 0 bridgehead atoms. The van der Waals surface area contributed by atoms with E-state index < -0.39 is 0 Å². The van der Waals surface area contributed by atoms with Gasteiger partial charge in [0.1, 0.15) is 0 Å². The molecular weight excluding hydrogens is 146 g/mol. The lowest BCUT2D eigenvalue weighted by Crippen LogP contribution is -2.28. The van der Waals surface area contributed by atoms with Crippen LogP contribution in [0.4, 0.5) is 0 Å². The van der Waals surface area contributed by atoms with Crippen molar-refractivity contribution in [1.82, 2.24) is 4.90 Å². The number of rotatable bonds is 5. The second-order valence-electron chi connectivity index (χ2n) is 3.62. The molecular formula is C11H21N. The summed E-state index contributed by atoms with van der Waals surface area (Å²) in [6.45, 7) is 14.3. The zero-order chi connectivity index (χ0) is 9.72. The van der Waals surface area contributed by atoms with Crippen molar-refractivity contribution in [3.8, 4) is 0 Å². The number of hydrogen-bond donors (Lipinski definition) is 0. The van der Waals surface area contributed by atoms with Crippen LogP contribution in [0.1, 0.15) is 27.2 Å². The van der Waals surface area contributed by atoms with Gasteiger partial charge in [-0.1, -0.05) is 19.6 Å². The highest BCUT2D eigenvalue weighted by Gasteiger charge is 2.11. The molecule has 1 atom stereocenters. The van der Waals surface area contributed by atoms with E-state index in [-0.39, 0.29) is 0 Å². The van der Waals surface area contributed by atoms with E-state index in [4.69, 9.17) is 0 Å². The van der Waals surface area contributed by atoms with Gasteiger partial charge < -0.3 is 4.90 Å². The van der Waals surface area contributed by atoms with Crippen molar-refractivity contribution < 1.29 is 0 Å². The van der Waals surface area contributed by atoms with Crippen LogP contribution in [0.3, 0.4) is 0 Å². The summed E-state index contributed by atoms with van der Waals surface area (Å²) >= 11 is 0. The SMILES string of the molecule is C=CCC(C)C(=C)N(C)C(C)C. The van der Waals surface area contributed by atoms with Crippen LogP contribution in [0, 0.1) is 5.92 Å². The molecule has 0 fully saturated rings. The molecule has 0 spiro atoms. The molecule has 0 amide bonds. The molecule has 0 aliphatic heterocycles.